The molecule has 1 unspecified atom stereocenters. The van der Waals surface area contributed by atoms with E-state index < -0.39 is 10.9 Å². The molecule has 0 saturated heterocycles. The zero-order valence-corrected chi connectivity index (χ0v) is 17.7. The second-order valence-electron chi connectivity index (χ2n) is 7.15. The van der Waals surface area contributed by atoms with Crippen LogP contribution in [0.15, 0.2) is 45.6 Å². The van der Waals surface area contributed by atoms with Crippen molar-refractivity contribution in [2.75, 3.05) is 6.61 Å². The number of carbonyl (C=O) groups excluding carboxylic acids is 1. The highest BCUT2D eigenvalue weighted by Gasteiger charge is 2.16. The van der Waals surface area contributed by atoms with E-state index in [0.717, 1.165) is 16.5 Å². The van der Waals surface area contributed by atoms with E-state index in [-0.39, 0.29) is 31.1 Å². The van der Waals surface area contributed by atoms with Gasteiger partial charge in [-0.25, -0.2) is 10.0 Å². The summed E-state index contributed by atoms with van der Waals surface area (Å²) in [6, 6.07) is 10.1. The Morgan fingerprint density at radius 3 is 2.48 bits per heavy atom. The average Bonchev–Trinajstić information content (AvgIpc) is 2.74. The van der Waals surface area contributed by atoms with Crippen molar-refractivity contribution < 1.29 is 29.1 Å². The lowest BCUT2D eigenvalue weighted by molar-refractivity contribution is -0.991. The minimum atomic E-state index is -0.982. The second kappa shape index (κ2) is 9.74. The molecule has 0 radical (unpaired) electrons. The maximum atomic E-state index is 12.5. The molecule has 31 heavy (non-hydrogen) atoms. The Hall–Kier alpha value is -3.20. The largest absolute Gasteiger partial charge is 0.595 e. The number of benzene rings is 2. The van der Waals surface area contributed by atoms with Gasteiger partial charge in [0.15, 0.2) is 5.69 Å². The molecule has 0 amide bonds. The fraction of sp³-hybridized carbons (Fsp3) is 0.304. The van der Waals surface area contributed by atoms with Crippen LogP contribution in [-0.4, -0.2) is 17.8 Å². The van der Waals surface area contributed by atoms with Gasteiger partial charge in [-0.15, -0.1) is 0 Å². The van der Waals surface area contributed by atoms with E-state index in [1.165, 1.54) is 12.1 Å². The predicted octanol–water partition coefficient (Wildman–Crippen LogP) is 2.89. The summed E-state index contributed by atoms with van der Waals surface area (Å²) in [7, 11) is 0. The molecular formula is C23H25NO7. The van der Waals surface area contributed by atoms with Gasteiger partial charge in [0.25, 0.3) is 0 Å². The van der Waals surface area contributed by atoms with Crippen LogP contribution in [0.4, 0.5) is 5.69 Å². The minimum absolute atomic E-state index is 0.117. The summed E-state index contributed by atoms with van der Waals surface area (Å²) in [6.07, 6.45) is 0.373. The van der Waals surface area contributed by atoms with Gasteiger partial charge >= 0.3 is 11.6 Å². The molecule has 2 aromatic carbocycles. The molecule has 0 aliphatic rings. The summed E-state index contributed by atoms with van der Waals surface area (Å²) >= 11 is 0. The quantitative estimate of drug-likeness (QED) is 0.323. The van der Waals surface area contributed by atoms with E-state index >= 15 is 0 Å². The number of esters is 1. The summed E-state index contributed by atoms with van der Waals surface area (Å²) in [5.74, 6) is 0.217. The molecule has 0 aliphatic carbocycles. The summed E-state index contributed by atoms with van der Waals surface area (Å²) in [4.78, 5) is 24.2. The van der Waals surface area contributed by atoms with Crippen molar-refractivity contribution in [2.45, 2.75) is 40.2 Å². The molecule has 0 saturated carbocycles. The number of quaternary nitrogens is 1. The first-order valence-electron chi connectivity index (χ1n) is 9.98. The highest BCUT2D eigenvalue weighted by molar-refractivity contribution is 5.85. The third-order valence-electron chi connectivity index (χ3n) is 5.13. The SMILES string of the molecule is CCOC(=O)CCc1c(C)c2ccc(OCc3ccc([NH+]([O-])O)cc3)c(C)c2oc1=O. The van der Waals surface area contributed by atoms with Crippen molar-refractivity contribution in [3.05, 3.63) is 74.3 Å². The number of hydrogen-bond acceptors (Lipinski definition) is 7. The first kappa shape index (κ1) is 22.5. The zero-order chi connectivity index (χ0) is 22.5. The van der Waals surface area contributed by atoms with Crippen molar-refractivity contribution in [3.63, 3.8) is 0 Å². The van der Waals surface area contributed by atoms with Gasteiger partial charge in [0.05, 0.1) is 6.61 Å². The highest BCUT2D eigenvalue weighted by atomic mass is 16.8. The summed E-state index contributed by atoms with van der Waals surface area (Å²) in [6.45, 7) is 5.93. The Morgan fingerprint density at radius 2 is 1.84 bits per heavy atom. The van der Waals surface area contributed by atoms with Crippen LogP contribution in [0.2, 0.25) is 0 Å². The lowest BCUT2D eigenvalue weighted by Crippen LogP contribution is -2.99. The molecule has 8 heteroatoms. The van der Waals surface area contributed by atoms with E-state index in [2.05, 4.69) is 0 Å². The normalized spacial score (nSPS) is 12.0. The maximum absolute atomic E-state index is 12.5. The van der Waals surface area contributed by atoms with E-state index in [0.29, 0.717) is 29.1 Å². The molecule has 164 valence electrons. The topological polar surface area (TPSA) is 113 Å². The van der Waals surface area contributed by atoms with Crippen molar-refractivity contribution in [2.24, 2.45) is 0 Å². The van der Waals surface area contributed by atoms with Gasteiger partial charge in [-0.05, 0) is 62.6 Å². The number of rotatable bonds is 8. The van der Waals surface area contributed by atoms with Crippen LogP contribution in [0.5, 0.6) is 5.75 Å². The summed E-state index contributed by atoms with van der Waals surface area (Å²) in [5.41, 5.74) is 2.93. The molecule has 0 fully saturated rings. The lowest BCUT2D eigenvalue weighted by Gasteiger charge is -2.14. The molecule has 0 spiro atoms. The van der Waals surface area contributed by atoms with Gasteiger partial charge in [0.1, 0.15) is 17.9 Å². The highest BCUT2D eigenvalue weighted by Crippen LogP contribution is 2.30. The lowest BCUT2D eigenvalue weighted by atomic mass is 10.0. The van der Waals surface area contributed by atoms with E-state index in [9.17, 15) is 14.8 Å². The van der Waals surface area contributed by atoms with Gasteiger partial charge in [0.2, 0.25) is 0 Å². The first-order chi connectivity index (χ1) is 14.8. The predicted molar refractivity (Wildman–Crippen MR) is 113 cm³/mol. The number of nitrogens with one attached hydrogen (secondary N) is 1. The van der Waals surface area contributed by atoms with E-state index in [1.807, 2.05) is 26.0 Å². The number of carbonyl (C=O) groups is 1. The molecule has 3 aromatic rings. The summed E-state index contributed by atoms with van der Waals surface area (Å²) in [5, 5.41) is 19.7. The number of fused-ring (bicyclic) bond motifs is 1. The molecule has 8 nitrogen and oxygen atoms in total. The number of ether oxygens (including phenoxy) is 2. The van der Waals surface area contributed by atoms with Crippen molar-refractivity contribution in [1.82, 2.24) is 0 Å². The van der Waals surface area contributed by atoms with Gasteiger partial charge in [-0.3, -0.25) is 4.79 Å². The molecule has 1 aromatic heterocycles. The van der Waals surface area contributed by atoms with Gasteiger partial charge in [-0.2, -0.15) is 5.23 Å². The van der Waals surface area contributed by atoms with Crippen LogP contribution in [0, 0.1) is 19.1 Å². The van der Waals surface area contributed by atoms with E-state index in [1.54, 1.807) is 19.1 Å². The van der Waals surface area contributed by atoms with Crippen molar-refractivity contribution in [1.29, 1.82) is 0 Å². The Labute approximate surface area is 179 Å². The smallest absolute Gasteiger partial charge is 0.339 e. The molecule has 1 atom stereocenters. The van der Waals surface area contributed by atoms with Crippen molar-refractivity contribution >= 4 is 22.6 Å². The van der Waals surface area contributed by atoms with Gasteiger partial charge < -0.3 is 19.1 Å². The van der Waals surface area contributed by atoms with Gasteiger partial charge in [0, 0.05) is 35.1 Å². The van der Waals surface area contributed by atoms with Crippen LogP contribution in [0.3, 0.4) is 0 Å². The molecule has 1 heterocycles. The van der Waals surface area contributed by atoms with Crippen molar-refractivity contribution in [3.8, 4) is 5.75 Å². The van der Waals surface area contributed by atoms with Crippen LogP contribution in [-0.2, 0) is 22.6 Å². The standard InChI is InChI=1S/C23H25NO7/c1-4-29-21(25)12-10-19-14(2)18-9-11-20(15(3)22(18)31-23(19)26)30-13-16-5-7-17(8-6-16)24(27)28/h5-9,11,24,27H,4,10,12-13H2,1-3H3. The van der Waals surface area contributed by atoms with Crippen LogP contribution < -0.4 is 15.6 Å². The molecule has 2 N–H and O–H groups in total. The maximum Gasteiger partial charge on any atom is 0.339 e. The molecule has 3 rings (SSSR count). The second-order valence-corrected chi connectivity index (χ2v) is 7.15. The third kappa shape index (κ3) is 5.11. The minimum Gasteiger partial charge on any atom is -0.595 e. The third-order valence-corrected chi connectivity index (χ3v) is 5.13. The van der Waals surface area contributed by atoms with E-state index in [4.69, 9.17) is 19.1 Å². The summed E-state index contributed by atoms with van der Waals surface area (Å²) < 4.78 is 16.4. The van der Waals surface area contributed by atoms with Crippen LogP contribution >= 0.6 is 0 Å². The molecule has 0 bridgehead atoms. The number of hydrogen-bond donors (Lipinski definition) is 2. The molecule has 0 aliphatic heterocycles. The fourth-order valence-corrected chi connectivity index (χ4v) is 3.38. The van der Waals surface area contributed by atoms with Gasteiger partial charge in [-0.1, -0.05) is 0 Å². The number of aryl methyl sites for hydroxylation is 2. The first-order valence-corrected chi connectivity index (χ1v) is 9.98. The Morgan fingerprint density at radius 1 is 1.13 bits per heavy atom. The van der Waals surface area contributed by atoms with Crippen LogP contribution in [0.1, 0.15) is 35.6 Å². The van der Waals surface area contributed by atoms with Crippen LogP contribution in [0.25, 0.3) is 11.0 Å². The fourth-order valence-electron chi connectivity index (χ4n) is 3.38. The average molecular weight is 427 g/mol. The molecular weight excluding hydrogens is 402 g/mol. The Bertz CT molecular complexity index is 1130. The Kier molecular flexibility index (Phi) is 7.06. The Balaban J connectivity index is 1.82. The monoisotopic (exact) mass is 427 g/mol. The zero-order valence-electron chi connectivity index (χ0n) is 17.7.